The Kier molecular flexibility index (Phi) is 4.96. The molecule has 1 aromatic carbocycles. The Morgan fingerprint density at radius 1 is 1.21 bits per heavy atom. The third-order valence-corrected chi connectivity index (χ3v) is 4.61. The predicted molar refractivity (Wildman–Crippen MR) is 93.6 cm³/mol. The molecule has 1 amide bonds. The Morgan fingerprint density at radius 3 is 2.71 bits per heavy atom. The van der Waals surface area contributed by atoms with E-state index in [0.717, 1.165) is 27.6 Å². The van der Waals surface area contributed by atoms with Gasteiger partial charge in [-0.15, -0.1) is 11.3 Å². The van der Waals surface area contributed by atoms with Crippen molar-refractivity contribution in [1.29, 1.82) is 0 Å². The Hall–Kier alpha value is -2.60. The van der Waals surface area contributed by atoms with Crippen LogP contribution in [0.5, 0.6) is 5.75 Å². The molecular formula is C18H18N2O3S. The number of para-hydroxylation sites is 1. The van der Waals surface area contributed by atoms with Crippen LogP contribution >= 0.6 is 11.3 Å². The minimum absolute atomic E-state index is 0.102. The van der Waals surface area contributed by atoms with Crippen LogP contribution in [-0.4, -0.2) is 24.2 Å². The lowest BCUT2D eigenvalue weighted by atomic mass is 10.2. The number of carbonyl (C=O) groups is 1. The molecule has 0 fully saturated rings. The van der Waals surface area contributed by atoms with E-state index in [1.54, 1.807) is 0 Å². The lowest BCUT2D eigenvalue weighted by Gasteiger charge is -2.06. The minimum atomic E-state index is -0.102. The Labute approximate surface area is 144 Å². The van der Waals surface area contributed by atoms with Crippen LogP contribution in [0.15, 0.2) is 47.0 Å². The molecule has 0 spiro atoms. The molecule has 1 N–H and O–H groups in total. The molecule has 0 saturated heterocycles. The summed E-state index contributed by atoms with van der Waals surface area (Å²) >= 11 is 1.43. The van der Waals surface area contributed by atoms with Crippen molar-refractivity contribution >= 4 is 17.2 Å². The molecule has 0 bridgehead atoms. The topological polar surface area (TPSA) is 64.4 Å². The second kappa shape index (κ2) is 7.31. The van der Waals surface area contributed by atoms with Crippen molar-refractivity contribution in [3.05, 3.63) is 58.8 Å². The lowest BCUT2D eigenvalue weighted by Crippen LogP contribution is -2.27. The van der Waals surface area contributed by atoms with Crippen LogP contribution in [0.2, 0.25) is 0 Å². The molecule has 2 aromatic heterocycles. The van der Waals surface area contributed by atoms with Crippen molar-refractivity contribution < 1.29 is 14.1 Å². The molecule has 0 aliphatic carbocycles. The third kappa shape index (κ3) is 3.65. The van der Waals surface area contributed by atoms with Crippen LogP contribution in [0.4, 0.5) is 0 Å². The summed E-state index contributed by atoms with van der Waals surface area (Å²) in [5.74, 6) is 1.45. The molecule has 0 saturated carbocycles. The highest BCUT2D eigenvalue weighted by Crippen LogP contribution is 2.32. The van der Waals surface area contributed by atoms with E-state index in [4.69, 9.17) is 9.26 Å². The number of aryl methyl sites for hydroxylation is 2. The zero-order chi connectivity index (χ0) is 16.9. The van der Waals surface area contributed by atoms with Gasteiger partial charge < -0.3 is 14.6 Å². The molecule has 24 heavy (non-hydrogen) atoms. The number of rotatable bonds is 6. The number of carbonyl (C=O) groups excluding carboxylic acids is 1. The fourth-order valence-corrected chi connectivity index (χ4v) is 3.43. The fraction of sp³-hybridized carbons (Fsp3) is 0.222. The van der Waals surface area contributed by atoms with E-state index < -0.39 is 0 Å². The maximum Gasteiger partial charge on any atom is 0.261 e. The van der Waals surface area contributed by atoms with E-state index in [0.29, 0.717) is 18.0 Å². The number of aromatic nitrogens is 1. The van der Waals surface area contributed by atoms with E-state index >= 15 is 0 Å². The van der Waals surface area contributed by atoms with E-state index in [2.05, 4.69) is 10.5 Å². The van der Waals surface area contributed by atoms with Gasteiger partial charge >= 0.3 is 0 Å². The first-order valence-electron chi connectivity index (χ1n) is 7.64. The normalized spacial score (nSPS) is 10.6. The molecule has 5 nitrogen and oxygen atoms in total. The summed E-state index contributed by atoms with van der Waals surface area (Å²) in [7, 11) is 0. The maximum absolute atomic E-state index is 12.2. The van der Waals surface area contributed by atoms with Gasteiger partial charge in [-0.3, -0.25) is 4.79 Å². The fourth-order valence-electron chi connectivity index (χ4n) is 2.37. The number of hydrogen-bond donors (Lipinski definition) is 1. The van der Waals surface area contributed by atoms with Crippen molar-refractivity contribution in [2.75, 3.05) is 13.2 Å². The standard InChI is InChI=1S/C18H18N2O3S/c1-12-17(13(2)23-20-12)15-8-9-16(24-15)18(21)19-10-11-22-14-6-4-3-5-7-14/h3-9H,10-11H2,1-2H3,(H,19,21). The van der Waals surface area contributed by atoms with Gasteiger partial charge in [-0.05, 0) is 38.1 Å². The second-order valence-electron chi connectivity index (χ2n) is 5.28. The van der Waals surface area contributed by atoms with Gasteiger partial charge in [0.05, 0.1) is 22.7 Å². The van der Waals surface area contributed by atoms with Crippen molar-refractivity contribution in [3.63, 3.8) is 0 Å². The van der Waals surface area contributed by atoms with E-state index in [1.807, 2.05) is 56.3 Å². The summed E-state index contributed by atoms with van der Waals surface area (Å²) < 4.78 is 10.7. The van der Waals surface area contributed by atoms with E-state index in [1.165, 1.54) is 11.3 Å². The second-order valence-corrected chi connectivity index (χ2v) is 6.36. The van der Waals surface area contributed by atoms with Crippen LogP contribution in [0.1, 0.15) is 21.1 Å². The molecule has 0 atom stereocenters. The first-order valence-corrected chi connectivity index (χ1v) is 8.46. The van der Waals surface area contributed by atoms with Gasteiger partial charge in [0.1, 0.15) is 18.1 Å². The monoisotopic (exact) mass is 342 g/mol. The van der Waals surface area contributed by atoms with Crippen molar-refractivity contribution in [1.82, 2.24) is 10.5 Å². The summed E-state index contributed by atoms with van der Waals surface area (Å²) in [5, 5.41) is 6.82. The number of hydrogen-bond acceptors (Lipinski definition) is 5. The SMILES string of the molecule is Cc1noc(C)c1-c1ccc(C(=O)NCCOc2ccccc2)s1. The zero-order valence-electron chi connectivity index (χ0n) is 13.5. The quantitative estimate of drug-likeness (QED) is 0.692. The average Bonchev–Trinajstić information content (AvgIpc) is 3.19. The first-order chi connectivity index (χ1) is 11.6. The van der Waals surface area contributed by atoms with Crippen LogP contribution in [0.25, 0.3) is 10.4 Å². The molecule has 3 rings (SSSR count). The predicted octanol–water partition coefficient (Wildman–Crippen LogP) is 3.83. The molecule has 2 heterocycles. The minimum Gasteiger partial charge on any atom is -0.492 e. The third-order valence-electron chi connectivity index (χ3n) is 3.51. The lowest BCUT2D eigenvalue weighted by molar-refractivity contribution is 0.0951. The van der Waals surface area contributed by atoms with Crippen LogP contribution in [0, 0.1) is 13.8 Å². The number of nitrogens with zero attached hydrogens (tertiary/aromatic N) is 1. The highest BCUT2D eigenvalue weighted by atomic mass is 32.1. The van der Waals surface area contributed by atoms with Gasteiger partial charge in [0.25, 0.3) is 5.91 Å². The molecule has 6 heteroatoms. The number of ether oxygens (including phenoxy) is 1. The van der Waals surface area contributed by atoms with Gasteiger partial charge in [-0.1, -0.05) is 23.4 Å². The molecule has 0 aliphatic rings. The van der Waals surface area contributed by atoms with Gasteiger partial charge in [0.2, 0.25) is 0 Å². The summed E-state index contributed by atoms with van der Waals surface area (Å²) in [6.45, 7) is 4.64. The Morgan fingerprint density at radius 2 is 2.00 bits per heavy atom. The van der Waals surface area contributed by atoms with Crippen LogP contribution in [-0.2, 0) is 0 Å². The zero-order valence-corrected chi connectivity index (χ0v) is 14.4. The molecular weight excluding hydrogens is 324 g/mol. The van der Waals surface area contributed by atoms with E-state index in [9.17, 15) is 4.79 Å². The van der Waals surface area contributed by atoms with Crippen molar-refractivity contribution in [2.45, 2.75) is 13.8 Å². The van der Waals surface area contributed by atoms with Gasteiger partial charge in [-0.25, -0.2) is 0 Å². The molecule has 3 aromatic rings. The summed E-state index contributed by atoms with van der Waals surface area (Å²) in [5.41, 5.74) is 1.80. The van der Waals surface area contributed by atoms with Gasteiger partial charge in [-0.2, -0.15) is 0 Å². The summed E-state index contributed by atoms with van der Waals surface area (Å²) in [4.78, 5) is 13.9. The van der Waals surface area contributed by atoms with E-state index in [-0.39, 0.29) is 5.91 Å². The maximum atomic E-state index is 12.2. The largest absolute Gasteiger partial charge is 0.492 e. The number of benzene rings is 1. The highest BCUT2D eigenvalue weighted by molar-refractivity contribution is 7.17. The number of nitrogens with one attached hydrogen (secondary N) is 1. The Bertz CT molecular complexity index is 804. The number of thiophene rings is 1. The van der Waals surface area contributed by atoms with Crippen molar-refractivity contribution in [2.24, 2.45) is 0 Å². The smallest absolute Gasteiger partial charge is 0.261 e. The summed E-state index contributed by atoms with van der Waals surface area (Å²) in [6.07, 6.45) is 0. The molecule has 124 valence electrons. The highest BCUT2D eigenvalue weighted by Gasteiger charge is 2.16. The number of amides is 1. The molecule has 0 radical (unpaired) electrons. The first kappa shape index (κ1) is 16.3. The van der Waals surface area contributed by atoms with Crippen LogP contribution in [0.3, 0.4) is 0 Å². The average molecular weight is 342 g/mol. The van der Waals surface area contributed by atoms with Gasteiger partial charge in [0, 0.05) is 4.88 Å². The van der Waals surface area contributed by atoms with Gasteiger partial charge in [0.15, 0.2) is 0 Å². The molecule has 0 unspecified atom stereocenters. The van der Waals surface area contributed by atoms with Crippen LogP contribution < -0.4 is 10.1 Å². The summed E-state index contributed by atoms with van der Waals surface area (Å²) in [6, 6.07) is 13.3. The van der Waals surface area contributed by atoms with Crippen molar-refractivity contribution in [3.8, 4) is 16.2 Å². The Balaban J connectivity index is 1.54. The molecule has 0 aliphatic heterocycles.